The number of carbonyl (C=O) groups is 7. The van der Waals surface area contributed by atoms with Gasteiger partial charge in [-0.05, 0) is 209 Å². The molecule has 0 spiro atoms. The summed E-state index contributed by atoms with van der Waals surface area (Å²) in [6.45, 7) is 33.4. The number of carbonyl (C=O) groups excluding carboxylic acids is 6. The van der Waals surface area contributed by atoms with Crippen molar-refractivity contribution in [3.8, 4) is 0 Å². The molecule has 0 saturated carbocycles. The van der Waals surface area contributed by atoms with Crippen LogP contribution in [0.5, 0.6) is 0 Å². The molecule has 0 aliphatic carbocycles. The van der Waals surface area contributed by atoms with E-state index in [0.717, 1.165) is 153 Å². The molecular weight excluding hydrogens is 1630 g/mol. The van der Waals surface area contributed by atoms with E-state index in [1.807, 2.05) is 107 Å². The molecule has 4 fully saturated rings. The van der Waals surface area contributed by atoms with Gasteiger partial charge in [-0.2, -0.15) is 0 Å². The van der Waals surface area contributed by atoms with E-state index in [9.17, 15) is 19.5 Å². The standard InChI is InChI=1S/C89H142Cl2N8O20P2/c1-8-36-92-37-15-38-93(44-19-58-113-109-11-4)52-53-96(47-22-61-116-112-14-7)42-18-48-99(57-56-92)84(101)81(79(67-117-121-120)73-31-25-69(65-91)26-32-73)77(85(102)103)62-75(71-29-23-68(64-90)24-30-71)83-78(87(105)119-89(83)107)63-76(82-74(9-2)86(104)118-88(82)106)72-33-27-70(28-34-72)66-98-43-17-40-95(46-21-60-115-111-13-6)51-50-94(45-20-59-114-110-12-5)39-16-41-97(54-55-98)49-35-80(100)108-10-3/h23-34,74-79,81-83,121H,8-22,35-67,120H2,1-7H3,(H,102,103). The quantitative estimate of drug-likeness (QED) is 0.00803. The van der Waals surface area contributed by atoms with Gasteiger partial charge in [-0.25, -0.2) is 39.1 Å². The third kappa shape index (κ3) is 36.1. The van der Waals surface area contributed by atoms with Crippen LogP contribution in [-0.2, 0) is 110 Å². The summed E-state index contributed by atoms with van der Waals surface area (Å²) in [5.41, 5.74) is 4.32. The molecule has 682 valence electrons. The minimum atomic E-state index is -1.54. The van der Waals surface area contributed by atoms with Crippen molar-refractivity contribution in [2.75, 3.05) is 210 Å². The second-order valence-corrected chi connectivity index (χ2v) is 33.6. The largest absolute Gasteiger partial charge is 0.481 e. The van der Waals surface area contributed by atoms with Gasteiger partial charge in [-0.15, -0.1) is 23.2 Å². The van der Waals surface area contributed by atoms with Gasteiger partial charge in [-0.3, -0.25) is 38.5 Å². The third-order valence-electron chi connectivity index (χ3n) is 23.5. The fourth-order valence-electron chi connectivity index (χ4n) is 17.3. The number of cyclic esters (lactones) is 4. The monoisotopic (exact) mass is 1770 g/mol. The van der Waals surface area contributed by atoms with Gasteiger partial charge >= 0.3 is 35.8 Å². The van der Waals surface area contributed by atoms with Gasteiger partial charge in [0.25, 0.3) is 0 Å². The number of hydrogen-bond donors (Lipinski definition) is 1. The summed E-state index contributed by atoms with van der Waals surface area (Å²) < 4.78 is 23.1. The highest BCUT2D eigenvalue weighted by Gasteiger charge is 2.56. The van der Waals surface area contributed by atoms with Crippen LogP contribution in [0.2, 0.25) is 0 Å². The average Bonchev–Trinajstić information content (AvgIpc) is 1.64. The molecule has 28 nitrogen and oxygen atoms in total. The van der Waals surface area contributed by atoms with Gasteiger partial charge in [0, 0.05) is 124 Å². The van der Waals surface area contributed by atoms with Crippen LogP contribution in [0.1, 0.15) is 183 Å². The lowest BCUT2D eigenvalue weighted by Crippen LogP contribution is -2.49. The van der Waals surface area contributed by atoms with Gasteiger partial charge in [0.1, 0.15) is 0 Å². The van der Waals surface area contributed by atoms with Crippen molar-refractivity contribution in [2.45, 2.75) is 168 Å². The molecule has 3 aromatic carbocycles. The summed E-state index contributed by atoms with van der Waals surface area (Å²) in [6.07, 6.45) is 7.09. The maximum absolute atomic E-state index is 16.8. The Morgan fingerprint density at radius 3 is 1.29 bits per heavy atom. The third-order valence-corrected chi connectivity index (χ3v) is 25.0. The zero-order valence-electron chi connectivity index (χ0n) is 73.2. The molecule has 4 heterocycles. The molecule has 4 aliphatic heterocycles. The van der Waals surface area contributed by atoms with Crippen molar-refractivity contribution in [1.29, 1.82) is 0 Å². The van der Waals surface area contributed by atoms with Crippen LogP contribution < -0.4 is 0 Å². The Kier molecular flexibility index (Phi) is 51.2. The predicted octanol–water partition coefficient (Wildman–Crippen LogP) is 12.2. The summed E-state index contributed by atoms with van der Waals surface area (Å²) in [7, 11) is 2.49. The van der Waals surface area contributed by atoms with E-state index in [0.29, 0.717) is 135 Å². The van der Waals surface area contributed by atoms with E-state index >= 15 is 19.2 Å². The number of halogens is 2. The van der Waals surface area contributed by atoms with E-state index in [2.05, 4.69) is 50.2 Å². The molecule has 3 aromatic rings. The fourth-order valence-corrected chi connectivity index (χ4v) is 18.2. The molecule has 1 amide bonds. The second kappa shape index (κ2) is 60.0. The Bertz CT molecular complexity index is 3430. The van der Waals surface area contributed by atoms with Crippen LogP contribution in [0.4, 0.5) is 0 Å². The first-order valence-corrected chi connectivity index (χ1v) is 48.4. The molecule has 4 aliphatic rings. The van der Waals surface area contributed by atoms with Gasteiger partial charge in [-0.1, -0.05) is 95.6 Å². The maximum Gasteiger partial charge on any atom is 0.318 e. The second-order valence-electron chi connectivity index (χ2n) is 31.8. The van der Waals surface area contributed by atoms with Crippen LogP contribution in [0.15, 0.2) is 72.8 Å². The lowest BCUT2D eigenvalue weighted by atomic mass is 9.66. The average molecular weight is 1780 g/mol. The van der Waals surface area contributed by atoms with Crippen molar-refractivity contribution in [3.63, 3.8) is 0 Å². The molecule has 32 heteroatoms. The molecule has 121 heavy (non-hydrogen) atoms. The first-order chi connectivity index (χ1) is 58.9. The van der Waals surface area contributed by atoms with Crippen molar-refractivity contribution in [2.24, 2.45) is 35.5 Å². The molecule has 4 saturated heterocycles. The number of hydrogen-bond acceptors (Lipinski definition) is 26. The topological polar surface area (TPSA) is 276 Å². The predicted molar refractivity (Wildman–Crippen MR) is 470 cm³/mol. The number of carboxylic acid groups (broad SMARTS) is 1. The van der Waals surface area contributed by atoms with E-state index in [1.165, 1.54) is 0 Å². The van der Waals surface area contributed by atoms with Crippen LogP contribution in [-0.4, -0.2) is 296 Å². The minimum Gasteiger partial charge on any atom is -0.481 e. The number of nitrogens with zero attached hydrogens (tertiary/aromatic N) is 8. The number of amides is 1. The van der Waals surface area contributed by atoms with Gasteiger partial charge in [0.05, 0.1) is 108 Å². The van der Waals surface area contributed by atoms with Gasteiger partial charge in [0.15, 0.2) is 0 Å². The van der Waals surface area contributed by atoms with Crippen LogP contribution in [0.3, 0.4) is 0 Å². The molecule has 0 bridgehead atoms. The van der Waals surface area contributed by atoms with E-state index < -0.39 is 83.1 Å². The first kappa shape index (κ1) is 103. The highest BCUT2D eigenvalue weighted by Crippen LogP contribution is 2.50. The van der Waals surface area contributed by atoms with E-state index in [1.54, 1.807) is 12.1 Å². The van der Waals surface area contributed by atoms with E-state index in [4.69, 9.17) is 81.0 Å². The lowest BCUT2D eigenvalue weighted by molar-refractivity contribution is -0.291. The highest BCUT2D eigenvalue weighted by atomic mass is 35.5. The molecule has 1 N–H and O–H groups in total. The van der Waals surface area contributed by atoms with Crippen molar-refractivity contribution < 1.29 is 96.5 Å². The highest BCUT2D eigenvalue weighted by molar-refractivity contribution is 8.00. The number of aliphatic carboxylic acids is 1. The number of alkyl halides is 2. The van der Waals surface area contributed by atoms with Gasteiger partial charge < -0.3 is 58.1 Å². The molecule has 0 aromatic heterocycles. The summed E-state index contributed by atoms with van der Waals surface area (Å²) in [5.74, 6) is -15.1. The Labute approximate surface area is 733 Å². The minimum absolute atomic E-state index is 0.0470. The summed E-state index contributed by atoms with van der Waals surface area (Å²) in [4.78, 5) is 165. The molecular formula is C89H142Cl2N8O20P2. The molecule has 11 unspecified atom stereocenters. The van der Waals surface area contributed by atoms with Crippen molar-refractivity contribution in [3.05, 3.63) is 106 Å². The smallest absolute Gasteiger partial charge is 0.318 e. The Balaban J connectivity index is 1.27. The van der Waals surface area contributed by atoms with Crippen LogP contribution in [0.25, 0.3) is 0 Å². The lowest BCUT2D eigenvalue weighted by Gasteiger charge is -2.38. The number of benzene rings is 3. The zero-order valence-corrected chi connectivity index (χ0v) is 76.8. The number of ether oxygens (including phenoxy) is 3. The molecule has 7 rings (SSSR count). The fraction of sp³-hybridized carbons (Fsp3) is 0.719. The SMILES string of the molecule is CCCN1CCCN(CCCOOCC)CCN(CCCOOCC)CCCN(C(=O)C(C(CC(c2ccc(CCl)cc2)C2C(=O)OC(=O)C2CC(c2ccc(CN3CCCN(CCCOOCC)CCN(CCCOOCC)CCCN(CCC(=O)OCC)CC3)cc2)C2C(=O)OC(=O)C2CC)C(=O)O)C(COPP)c2ccc(CCl)cc2)CC1. The summed E-state index contributed by atoms with van der Waals surface area (Å²) in [5, 5.41) is 12.3. The number of rotatable bonds is 51. The molecule has 0 radical (unpaired) electrons. The summed E-state index contributed by atoms with van der Waals surface area (Å²) in [6, 6.07) is 22.6. The first-order valence-electron chi connectivity index (χ1n) is 44.6. The summed E-state index contributed by atoms with van der Waals surface area (Å²) >= 11 is 12.9. The maximum atomic E-state index is 16.8. The van der Waals surface area contributed by atoms with Crippen LogP contribution in [0, 0.1) is 35.5 Å². The van der Waals surface area contributed by atoms with Crippen LogP contribution >= 0.6 is 40.6 Å². The Morgan fingerprint density at radius 2 is 0.860 bits per heavy atom. The van der Waals surface area contributed by atoms with E-state index in [-0.39, 0.29) is 77.5 Å². The Morgan fingerprint density at radius 1 is 0.463 bits per heavy atom. The zero-order chi connectivity index (χ0) is 86.9. The van der Waals surface area contributed by atoms with Crippen molar-refractivity contribution >= 4 is 82.3 Å². The molecule has 11 atom stereocenters. The normalized spacial score (nSPS) is 21.1. The van der Waals surface area contributed by atoms with Gasteiger partial charge in [0.2, 0.25) is 5.91 Å². The number of esters is 5. The Hall–Kier alpha value is -4.85. The number of carboxylic acids is 1. The van der Waals surface area contributed by atoms with Crippen molar-refractivity contribution in [1.82, 2.24) is 39.2 Å².